The van der Waals surface area contributed by atoms with Gasteiger partial charge in [0.1, 0.15) is 0 Å². The van der Waals surface area contributed by atoms with Crippen molar-refractivity contribution < 1.29 is 8.42 Å². The number of fused-ring (bicyclic) bond motifs is 2. The van der Waals surface area contributed by atoms with Gasteiger partial charge in [0.05, 0.1) is 5.75 Å². The quantitative estimate of drug-likeness (QED) is 0.415. The third-order valence-corrected chi connectivity index (χ3v) is 8.25. The van der Waals surface area contributed by atoms with Crippen molar-refractivity contribution in [3.8, 4) is 0 Å². The summed E-state index contributed by atoms with van der Waals surface area (Å²) in [6, 6.07) is 24.4. The first-order chi connectivity index (χ1) is 15.6. The molecule has 1 aliphatic heterocycles. The van der Waals surface area contributed by atoms with Crippen molar-refractivity contribution in [2.45, 2.75) is 24.8 Å². The van der Waals surface area contributed by atoms with Crippen LogP contribution in [0.5, 0.6) is 0 Å². The van der Waals surface area contributed by atoms with E-state index in [9.17, 15) is 8.42 Å². The summed E-state index contributed by atoms with van der Waals surface area (Å²) in [5.74, 6) is -0.0203. The predicted molar refractivity (Wildman–Crippen MR) is 132 cm³/mol. The molecule has 1 unspecified atom stereocenters. The average molecular weight is 463 g/mol. The van der Waals surface area contributed by atoms with Crippen molar-refractivity contribution in [3.63, 3.8) is 0 Å². The number of thiophene rings is 1. The Morgan fingerprint density at radius 2 is 1.72 bits per heavy atom. The van der Waals surface area contributed by atoms with Gasteiger partial charge in [-0.05, 0) is 56.3 Å². The summed E-state index contributed by atoms with van der Waals surface area (Å²) >= 11 is 1.65. The maximum absolute atomic E-state index is 13.1. The van der Waals surface area contributed by atoms with Crippen LogP contribution in [-0.4, -0.2) is 26.4 Å². The second-order valence-electron chi connectivity index (χ2n) is 8.31. The molecule has 6 heteroatoms. The van der Waals surface area contributed by atoms with E-state index >= 15 is 0 Å². The molecule has 0 saturated carbocycles. The first-order valence-corrected chi connectivity index (χ1v) is 13.5. The zero-order valence-corrected chi connectivity index (χ0v) is 19.4. The molecule has 0 amide bonds. The molecule has 4 aromatic rings. The summed E-state index contributed by atoms with van der Waals surface area (Å²) in [7, 11) is -3.48. The standard InChI is InChI=1S/C26H26N2O2S2/c29-32(30,19-24-10-5-9-21-7-3-4-11-25(21)24)27-16-26(23-13-15-31-18-23)28-14-12-20-6-1-2-8-22(20)17-28/h1-11,13,15,18,26-27H,12,14,16-17,19H2. The minimum absolute atomic E-state index is 0.0110. The Balaban J connectivity index is 1.34. The van der Waals surface area contributed by atoms with E-state index in [4.69, 9.17) is 0 Å². The van der Waals surface area contributed by atoms with E-state index in [1.807, 2.05) is 42.5 Å². The molecular formula is C26H26N2O2S2. The van der Waals surface area contributed by atoms with E-state index in [2.05, 4.69) is 50.7 Å². The lowest BCUT2D eigenvalue weighted by molar-refractivity contribution is 0.180. The van der Waals surface area contributed by atoms with Crippen LogP contribution in [0.4, 0.5) is 0 Å². The highest BCUT2D eigenvalue weighted by Crippen LogP contribution is 2.29. The van der Waals surface area contributed by atoms with E-state index in [1.165, 1.54) is 16.7 Å². The fourth-order valence-corrected chi connectivity index (χ4v) is 6.47. The highest BCUT2D eigenvalue weighted by atomic mass is 32.2. The Kier molecular flexibility index (Phi) is 6.11. The van der Waals surface area contributed by atoms with E-state index in [1.54, 1.807) is 11.3 Å². The maximum Gasteiger partial charge on any atom is 0.215 e. The Morgan fingerprint density at radius 3 is 2.56 bits per heavy atom. The smallest absolute Gasteiger partial charge is 0.215 e. The molecule has 32 heavy (non-hydrogen) atoms. The molecule has 164 valence electrons. The van der Waals surface area contributed by atoms with Gasteiger partial charge in [-0.3, -0.25) is 4.90 Å². The van der Waals surface area contributed by atoms with Gasteiger partial charge >= 0.3 is 0 Å². The lowest BCUT2D eigenvalue weighted by Gasteiger charge is -2.35. The minimum atomic E-state index is -3.48. The van der Waals surface area contributed by atoms with Crippen LogP contribution in [0.1, 0.15) is 28.3 Å². The summed E-state index contributed by atoms with van der Waals surface area (Å²) in [6.07, 6.45) is 0.986. The Hall–Kier alpha value is -2.51. The molecule has 4 nitrogen and oxygen atoms in total. The normalized spacial score (nSPS) is 15.5. The van der Waals surface area contributed by atoms with Crippen LogP contribution >= 0.6 is 11.3 Å². The van der Waals surface area contributed by atoms with Crippen LogP contribution in [-0.2, 0) is 28.7 Å². The molecule has 0 fully saturated rings. The van der Waals surface area contributed by atoms with E-state index in [-0.39, 0.29) is 11.8 Å². The summed E-state index contributed by atoms with van der Waals surface area (Å²) < 4.78 is 29.1. The molecule has 1 aliphatic rings. The van der Waals surface area contributed by atoms with Crippen molar-refractivity contribution in [3.05, 3.63) is 106 Å². The van der Waals surface area contributed by atoms with Crippen molar-refractivity contribution in [1.82, 2.24) is 9.62 Å². The molecule has 0 radical (unpaired) electrons. The van der Waals surface area contributed by atoms with Crippen LogP contribution in [0, 0.1) is 0 Å². The molecule has 2 heterocycles. The number of sulfonamides is 1. The van der Waals surface area contributed by atoms with Gasteiger partial charge in [0.25, 0.3) is 0 Å². The Labute approximate surface area is 193 Å². The molecule has 1 atom stereocenters. The van der Waals surface area contributed by atoms with Crippen LogP contribution in [0.15, 0.2) is 83.6 Å². The van der Waals surface area contributed by atoms with Crippen LogP contribution in [0.25, 0.3) is 10.8 Å². The summed E-state index contributed by atoms with van der Waals surface area (Å²) in [5.41, 5.74) is 4.72. The lowest BCUT2D eigenvalue weighted by Crippen LogP contribution is -2.40. The van der Waals surface area contributed by atoms with Crippen LogP contribution < -0.4 is 4.72 Å². The molecule has 0 aliphatic carbocycles. The maximum atomic E-state index is 13.1. The molecule has 0 bridgehead atoms. The van der Waals surface area contributed by atoms with Gasteiger partial charge in [0.15, 0.2) is 0 Å². The SMILES string of the molecule is O=S(=O)(Cc1cccc2ccccc12)NCC(c1ccsc1)N1CCc2ccccc2C1. The largest absolute Gasteiger partial charge is 0.290 e. The summed E-state index contributed by atoms with van der Waals surface area (Å²) in [4.78, 5) is 2.39. The molecule has 1 N–H and O–H groups in total. The number of nitrogens with zero attached hydrogens (tertiary/aromatic N) is 1. The fraction of sp³-hybridized carbons (Fsp3) is 0.231. The third-order valence-electron chi connectivity index (χ3n) is 6.25. The highest BCUT2D eigenvalue weighted by Gasteiger charge is 2.26. The summed E-state index contributed by atoms with van der Waals surface area (Å²) in [6.45, 7) is 2.12. The van der Waals surface area contributed by atoms with Crippen molar-refractivity contribution >= 4 is 32.1 Å². The lowest BCUT2D eigenvalue weighted by atomic mass is 9.97. The van der Waals surface area contributed by atoms with Gasteiger partial charge < -0.3 is 0 Å². The zero-order valence-electron chi connectivity index (χ0n) is 17.8. The second-order valence-corrected chi connectivity index (χ2v) is 10.9. The fourth-order valence-electron chi connectivity index (χ4n) is 4.59. The Morgan fingerprint density at radius 1 is 0.938 bits per heavy atom. The van der Waals surface area contributed by atoms with Crippen LogP contribution in [0.2, 0.25) is 0 Å². The molecule has 5 rings (SSSR count). The first kappa shape index (κ1) is 21.3. The van der Waals surface area contributed by atoms with Gasteiger partial charge in [0.2, 0.25) is 10.0 Å². The van der Waals surface area contributed by atoms with E-state index < -0.39 is 10.0 Å². The number of nitrogens with one attached hydrogen (secondary N) is 1. The molecular weight excluding hydrogens is 436 g/mol. The summed E-state index contributed by atoms with van der Waals surface area (Å²) in [5, 5.41) is 6.24. The topological polar surface area (TPSA) is 49.4 Å². The van der Waals surface area contributed by atoms with Gasteiger partial charge in [-0.1, -0.05) is 66.7 Å². The van der Waals surface area contributed by atoms with E-state index in [0.717, 1.165) is 35.8 Å². The average Bonchev–Trinajstić information content (AvgIpc) is 3.34. The molecule has 0 spiro atoms. The molecule has 3 aromatic carbocycles. The van der Waals surface area contributed by atoms with Crippen molar-refractivity contribution in [2.24, 2.45) is 0 Å². The number of benzene rings is 3. The van der Waals surface area contributed by atoms with Gasteiger partial charge in [-0.25, -0.2) is 13.1 Å². The van der Waals surface area contributed by atoms with Crippen molar-refractivity contribution in [2.75, 3.05) is 13.1 Å². The number of hydrogen-bond donors (Lipinski definition) is 1. The second kappa shape index (κ2) is 9.16. The van der Waals surface area contributed by atoms with Gasteiger partial charge in [-0.15, -0.1) is 0 Å². The molecule has 1 aromatic heterocycles. The first-order valence-electron chi connectivity index (χ1n) is 10.9. The third kappa shape index (κ3) is 4.64. The highest BCUT2D eigenvalue weighted by molar-refractivity contribution is 7.88. The number of rotatable bonds is 7. The van der Waals surface area contributed by atoms with Crippen molar-refractivity contribution in [1.29, 1.82) is 0 Å². The Bertz CT molecular complexity index is 1310. The number of hydrogen-bond acceptors (Lipinski definition) is 4. The predicted octanol–water partition coefficient (Wildman–Crippen LogP) is 5.12. The zero-order chi connectivity index (χ0) is 22.0. The van der Waals surface area contributed by atoms with Crippen LogP contribution in [0.3, 0.4) is 0 Å². The minimum Gasteiger partial charge on any atom is -0.290 e. The monoisotopic (exact) mass is 462 g/mol. The molecule has 0 saturated heterocycles. The van der Waals surface area contributed by atoms with Gasteiger partial charge in [-0.2, -0.15) is 11.3 Å². The van der Waals surface area contributed by atoms with E-state index in [0.29, 0.717) is 6.54 Å². The van der Waals surface area contributed by atoms with Gasteiger partial charge in [0, 0.05) is 25.7 Å².